The zero-order valence-electron chi connectivity index (χ0n) is 11.8. The average Bonchev–Trinajstić information content (AvgIpc) is 2.37. The minimum Gasteiger partial charge on any atom is -0.393 e. The molecule has 2 N–H and O–H groups in total. The third kappa shape index (κ3) is 4.06. The van der Waals surface area contributed by atoms with Gasteiger partial charge in [0.2, 0.25) is 5.91 Å². The van der Waals surface area contributed by atoms with Gasteiger partial charge in [-0.1, -0.05) is 18.2 Å². The molecule has 0 bridgehead atoms. The molecule has 1 aliphatic rings. The van der Waals surface area contributed by atoms with Crippen molar-refractivity contribution in [2.45, 2.75) is 58.1 Å². The monoisotopic (exact) mass is 261 g/mol. The van der Waals surface area contributed by atoms with Gasteiger partial charge >= 0.3 is 0 Å². The van der Waals surface area contributed by atoms with Crippen molar-refractivity contribution in [2.24, 2.45) is 0 Å². The lowest BCUT2D eigenvalue weighted by molar-refractivity contribution is -0.121. The number of benzene rings is 1. The first kappa shape index (κ1) is 14.1. The van der Waals surface area contributed by atoms with Crippen molar-refractivity contribution >= 4 is 5.91 Å². The van der Waals surface area contributed by atoms with E-state index in [0.717, 1.165) is 31.2 Å². The van der Waals surface area contributed by atoms with Crippen LogP contribution in [0.15, 0.2) is 18.2 Å². The molecular weight excluding hydrogens is 238 g/mol. The first-order valence-electron chi connectivity index (χ1n) is 7.08. The summed E-state index contributed by atoms with van der Waals surface area (Å²) in [4.78, 5) is 12.0. The summed E-state index contributed by atoms with van der Waals surface area (Å²) in [7, 11) is 0. The van der Waals surface area contributed by atoms with Gasteiger partial charge in [0.1, 0.15) is 0 Å². The first-order chi connectivity index (χ1) is 9.04. The second-order valence-corrected chi connectivity index (χ2v) is 5.67. The van der Waals surface area contributed by atoms with Gasteiger partial charge in [-0.05, 0) is 56.2 Å². The Labute approximate surface area is 115 Å². The lowest BCUT2D eigenvalue weighted by Gasteiger charge is -2.26. The minimum atomic E-state index is -0.173. The normalized spacial score (nSPS) is 23.1. The summed E-state index contributed by atoms with van der Waals surface area (Å²) in [6.45, 7) is 4.14. The van der Waals surface area contributed by atoms with Crippen LogP contribution < -0.4 is 5.32 Å². The molecule has 1 aliphatic carbocycles. The van der Waals surface area contributed by atoms with E-state index in [1.54, 1.807) is 0 Å². The highest BCUT2D eigenvalue weighted by molar-refractivity contribution is 5.78. The van der Waals surface area contributed by atoms with E-state index in [1.165, 1.54) is 11.1 Å². The van der Waals surface area contributed by atoms with Crippen LogP contribution in [0.5, 0.6) is 0 Å². The van der Waals surface area contributed by atoms with Crippen LogP contribution in [-0.2, 0) is 11.2 Å². The summed E-state index contributed by atoms with van der Waals surface area (Å²) in [5, 5.41) is 12.5. The Bertz CT molecular complexity index is 448. The molecule has 0 atom stereocenters. The zero-order valence-corrected chi connectivity index (χ0v) is 11.8. The van der Waals surface area contributed by atoms with Gasteiger partial charge in [-0.3, -0.25) is 4.79 Å². The number of aryl methyl sites for hydroxylation is 2. The molecule has 3 nitrogen and oxygen atoms in total. The molecule has 0 saturated heterocycles. The largest absolute Gasteiger partial charge is 0.393 e. The van der Waals surface area contributed by atoms with Crippen molar-refractivity contribution in [1.82, 2.24) is 5.32 Å². The van der Waals surface area contributed by atoms with E-state index in [2.05, 4.69) is 31.3 Å². The summed E-state index contributed by atoms with van der Waals surface area (Å²) in [6.07, 6.45) is 3.65. The van der Waals surface area contributed by atoms with Crippen LogP contribution in [0.1, 0.15) is 42.4 Å². The maximum absolute atomic E-state index is 12.0. The van der Waals surface area contributed by atoms with Gasteiger partial charge in [0.15, 0.2) is 0 Å². The molecule has 1 amide bonds. The molecule has 2 rings (SSSR count). The third-order valence-corrected chi connectivity index (χ3v) is 4.00. The van der Waals surface area contributed by atoms with Crippen molar-refractivity contribution in [3.05, 3.63) is 34.9 Å². The number of aliphatic hydroxyl groups excluding tert-OH is 1. The molecule has 1 aromatic carbocycles. The summed E-state index contributed by atoms with van der Waals surface area (Å²) < 4.78 is 0. The van der Waals surface area contributed by atoms with Gasteiger partial charge in [0.25, 0.3) is 0 Å². The number of amides is 1. The predicted octanol–water partition coefficient (Wildman–Crippen LogP) is 2.27. The highest BCUT2D eigenvalue weighted by atomic mass is 16.3. The Kier molecular flexibility index (Phi) is 4.59. The smallest absolute Gasteiger partial charge is 0.224 e. The average molecular weight is 261 g/mol. The number of carbonyl (C=O) groups excluding carboxylic acids is 1. The predicted molar refractivity (Wildman–Crippen MR) is 76.0 cm³/mol. The Hall–Kier alpha value is -1.35. The fraction of sp³-hybridized carbons (Fsp3) is 0.562. The van der Waals surface area contributed by atoms with Crippen molar-refractivity contribution < 1.29 is 9.90 Å². The maximum atomic E-state index is 12.0. The first-order valence-corrected chi connectivity index (χ1v) is 7.08. The number of hydrogen-bond acceptors (Lipinski definition) is 2. The molecule has 1 saturated carbocycles. The lowest BCUT2D eigenvalue weighted by Crippen LogP contribution is -2.39. The molecule has 3 heteroatoms. The molecule has 0 heterocycles. The Morgan fingerprint density at radius 1 is 1.21 bits per heavy atom. The fourth-order valence-electron chi connectivity index (χ4n) is 2.60. The molecule has 1 fully saturated rings. The highest BCUT2D eigenvalue weighted by Crippen LogP contribution is 2.18. The maximum Gasteiger partial charge on any atom is 0.224 e. The summed E-state index contributed by atoms with van der Waals surface area (Å²) >= 11 is 0. The van der Waals surface area contributed by atoms with Crippen molar-refractivity contribution in [3.8, 4) is 0 Å². The minimum absolute atomic E-state index is 0.0876. The third-order valence-electron chi connectivity index (χ3n) is 4.00. The molecule has 1 aromatic rings. The molecule has 104 valence electrons. The van der Waals surface area contributed by atoms with Crippen molar-refractivity contribution in [1.29, 1.82) is 0 Å². The number of nitrogens with one attached hydrogen (secondary N) is 1. The van der Waals surface area contributed by atoms with E-state index in [4.69, 9.17) is 0 Å². The van der Waals surface area contributed by atoms with Gasteiger partial charge in [-0.2, -0.15) is 0 Å². The Morgan fingerprint density at radius 2 is 1.89 bits per heavy atom. The van der Waals surface area contributed by atoms with Crippen molar-refractivity contribution in [2.75, 3.05) is 0 Å². The summed E-state index contributed by atoms with van der Waals surface area (Å²) in [5.74, 6) is 0.0876. The number of carbonyl (C=O) groups is 1. The second-order valence-electron chi connectivity index (χ2n) is 5.67. The molecule has 0 unspecified atom stereocenters. The summed E-state index contributed by atoms with van der Waals surface area (Å²) in [5.41, 5.74) is 3.55. The van der Waals surface area contributed by atoms with E-state index in [9.17, 15) is 9.90 Å². The topological polar surface area (TPSA) is 49.3 Å². The molecule has 19 heavy (non-hydrogen) atoms. The van der Waals surface area contributed by atoms with E-state index in [1.807, 2.05) is 6.07 Å². The lowest BCUT2D eigenvalue weighted by atomic mass is 9.93. The fourth-order valence-corrected chi connectivity index (χ4v) is 2.60. The van der Waals surface area contributed by atoms with Crippen LogP contribution in [0.2, 0.25) is 0 Å². The summed E-state index contributed by atoms with van der Waals surface area (Å²) in [6, 6.07) is 6.41. The zero-order chi connectivity index (χ0) is 13.8. The van der Waals surface area contributed by atoms with E-state index >= 15 is 0 Å². The van der Waals surface area contributed by atoms with E-state index < -0.39 is 0 Å². The second kappa shape index (κ2) is 6.20. The van der Waals surface area contributed by atoms with Crippen LogP contribution in [-0.4, -0.2) is 23.2 Å². The van der Waals surface area contributed by atoms with Crippen LogP contribution in [0.3, 0.4) is 0 Å². The van der Waals surface area contributed by atoms with Gasteiger partial charge < -0.3 is 10.4 Å². The highest BCUT2D eigenvalue weighted by Gasteiger charge is 2.20. The van der Waals surface area contributed by atoms with Crippen molar-refractivity contribution in [3.63, 3.8) is 0 Å². The van der Waals surface area contributed by atoms with Gasteiger partial charge in [-0.25, -0.2) is 0 Å². The number of hydrogen-bond donors (Lipinski definition) is 2. The van der Waals surface area contributed by atoms with E-state index in [0.29, 0.717) is 6.42 Å². The SMILES string of the molecule is Cc1ccc(CC(=O)NC2CCC(O)CC2)cc1C. The molecule has 0 spiro atoms. The van der Waals surface area contributed by atoms with Gasteiger partial charge in [-0.15, -0.1) is 0 Å². The Balaban J connectivity index is 1.85. The number of aliphatic hydroxyl groups is 1. The molecule has 0 aromatic heterocycles. The standard InChI is InChI=1S/C16H23NO2/c1-11-3-4-13(9-12(11)2)10-16(19)17-14-5-7-15(18)8-6-14/h3-4,9,14-15,18H,5-8,10H2,1-2H3,(H,17,19). The van der Waals surface area contributed by atoms with E-state index in [-0.39, 0.29) is 18.1 Å². The van der Waals surface area contributed by atoms with Crippen LogP contribution in [0, 0.1) is 13.8 Å². The molecular formula is C16H23NO2. The number of rotatable bonds is 3. The van der Waals surface area contributed by atoms with Crippen LogP contribution in [0.4, 0.5) is 0 Å². The molecule has 0 aliphatic heterocycles. The van der Waals surface area contributed by atoms with Crippen LogP contribution in [0.25, 0.3) is 0 Å². The molecule has 0 radical (unpaired) electrons. The quantitative estimate of drug-likeness (QED) is 0.877. The van der Waals surface area contributed by atoms with Gasteiger partial charge in [0.05, 0.1) is 12.5 Å². The van der Waals surface area contributed by atoms with Gasteiger partial charge in [0, 0.05) is 6.04 Å². The van der Waals surface area contributed by atoms with Crippen LogP contribution >= 0.6 is 0 Å². The Morgan fingerprint density at radius 3 is 2.53 bits per heavy atom.